The standard InChI is InChI=1S/C22H27FN2O2/c23-21-8-6-19(7-9-21)16-27-17-20-11-14-25(15-12-20)22(26)24-13-10-18-4-2-1-3-5-18/h1-9,20H,10-17H2,(H,24,26). The third-order valence-electron chi connectivity index (χ3n) is 4.97. The van der Waals surface area contributed by atoms with Crippen LogP contribution < -0.4 is 5.32 Å². The average molecular weight is 370 g/mol. The zero-order valence-corrected chi connectivity index (χ0v) is 15.6. The van der Waals surface area contributed by atoms with Gasteiger partial charge in [0.25, 0.3) is 0 Å². The number of carbonyl (C=O) groups excluding carboxylic acids is 1. The summed E-state index contributed by atoms with van der Waals surface area (Å²) in [5, 5.41) is 3.01. The number of nitrogens with zero attached hydrogens (tertiary/aromatic N) is 1. The van der Waals surface area contributed by atoms with Gasteiger partial charge in [0.2, 0.25) is 0 Å². The summed E-state index contributed by atoms with van der Waals surface area (Å²) in [6.45, 7) is 3.37. The van der Waals surface area contributed by atoms with Crippen molar-refractivity contribution in [2.75, 3.05) is 26.2 Å². The molecule has 5 heteroatoms. The summed E-state index contributed by atoms with van der Waals surface area (Å²) in [6, 6.07) is 16.6. The van der Waals surface area contributed by atoms with Crippen LogP contribution in [0.1, 0.15) is 24.0 Å². The van der Waals surface area contributed by atoms with Gasteiger partial charge in [0.15, 0.2) is 0 Å². The Bertz CT molecular complexity index is 698. The molecule has 3 rings (SSSR count). The zero-order valence-electron chi connectivity index (χ0n) is 15.6. The first kappa shape index (κ1) is 19.4. The van der Waals surface area contributed by atoms with Gasteiger partial charge in [-0.3, -0.25) is 0 Å². The van der Waals surface area contributed by atoms with Crippen LogP contribution in [0.3, 0.4) is 0 Å². The number of ether oxygens (including phenoxy) is 1. The summed E-state index contributed by atoms with van der Waals surface area (Å²) >= 11 is 0. The van der Waals surface area contributed by atoms with Crippen molar-refractivity contribution >= 4 is 6.03 Å². The average Bonchev–Trinajstić information content (AvgIpc) is 2.71. The molecule has 0 unspecified atom stereocenters. The van der Waals surface area contributed by atoms with Crippen molar-refractivity contribution in [1.82, 2.24) is 10.2 Å². The summed E-state index contributed by atoms with van der Waals surface area (Å²) in [5.74, 6) is 0.243. The molecule has 2 amide bonds. The minimum atomic E-state index is -0.229. The fraction of sp³-hybridized carbons (Fsp3) is 0.409. The lowest BCUT2D eigenvalue weighted by Crippen LogP contribution is -2.45. The van der Waals surface area contributed by atoms with E-state index in [0.717, 1.165) is 37.9 Å². The van der Waals surface area contributed by atoms with Crippen LogP contribution in [0, 0.1) is 11.7 Å². The predicted octanol–water partition coefficient (Wildman–Crippen LogP) is 4.01. The molecule has 1 aliphatic heterocycles. The van der Waals surface area contributed by atoms with Crippen LogP contribution in [0.2, 0.25) is 0 Å². The number of amides is 2. The number of halogens is 1. The molecule has 1 heterocycles. The highest BCUT2D eigenvalue weighted by Crippen LogP contribution is 2.18. The Hall–Kier alpha value is -2.40. The molecule has 1 N–H and O–H groups in total. The third kappa shape index (κ3) is 6.36. The van der Waals surface area contributed by atoms with Crippen molar-refractivity contribution in [1.29, 1.82) is 0 Å². The predicted molar refractivity (Wildman–Crippen MR) is 104 cm³/mol. The Morgan fingerprint density at radius 1 is 1.04 bits per heavy atom. The van der Waals surface area contributed by atoms with Crippen molar-refractivity contribution < 1.29 is 13.9 Å². The normalized spacial score (nSPS) is 14.9. The zero-order chi connectivity index (χ0) is 18.9. The number of hydrogen-bond donors (Lipinski definition) is 1. The van der Waals surface area contributed by atoms with Crippen molar-refractivity contribution in [3.8, 4) is 0 Å². The minimum Gasteiger partial charge on any atom is -0.376 e. The molecular weight excluding hydrogens is 343 g/mol. The van der Waals surface area contributed by atoms with Gasteiger partial charge in [-0.15, -0.1) is 0 Å². The van der Waals surface area contributed by atoms with Gasteiger partial charge in [0.1, 0.15) is 5.82 Å². The van der Waals surface area contributed by atoms with Crippen LogP contribution in [0.15, 0.2) is 54.6 Å². The molecule has 4 nitrogen and oxygen atoms in total. The first-order chi connectivity index (χ1) is 13.2. The molecule has 1 saturated heterocycles. The van der Waals surface area contributed by atoms with Crippen LogP contribution in [0.5, 0.6) is 0 Å². The van der Waals surface area contributed by atoms with Gasteiger partial charge < -0.3 is 15.0 Å². The van der Waals surface area contributed by atoms with Gasteiger partial charge in [-0.1, -0.05) is 42.5 Å². The van der Waals surface area contributed by atoms with Gasteiger partial charge in [-0.05, 0) is 48.4 Å². The van der Waals surface area contributed by atoms with Gasteiger partial charge in [0, 0.05) is 26.2 Å². The smallest absolute Gasteiger partial charge is 0.317 e. The maximum Gasteiger partial charge on any atom is 0.317 e. The highest BCUT2D eigenvalue weighted by atomic mass is 19.1. The Kier molecular flexibility index (Phi) is 7.22. The van der Waals surface area contributed by atoms with E-state index in [2.05, 4.69) is 17.4 Å². The highest BCUT2D eigenvalue weighted by molar-refractivity contribution is 5.74. The number of nitrogens with one attached hydrogen (secondary N) is 1. The number of carbonyl (C=O) groups is 1. The first-order valence-electron chi connectivity index (χ1n) is 9.59. The Labute approximate surface area is 160 Å². The Morgan fingerprint density at radius 2 is 1.74 bits per heavy atom. The number of hydrogen-bond acceptors (Lipinski definition) is 2. The maximum absolute atomic E-state index is 12.9. The largest absolute Gasteiger partial charge is 0.376 e. The fourth-order valence-electron chi connectivity index (χ4n) is 3.30. The van der Waals surface area contributed by atoms with E-state index in [1.54, 1.807) is 12.1 Å². The minimum absolute atomic E-state index is 0.0246. The van der Waals surface area contributed by atoms with Gasteiger partial charge in [-0.2, -0.15) is 0 Å². The van der Waals surface area contributed by atoms with Crippen LogP contribution in [0.4, 0.5) is 9.18 Å². The second kappa shape index (κ2) is 10.1. The Morgan fingerprint density at radius 3 is 2.44 bits per heavy atom. The van der Waals surface area contributed by atoms with E-state index in [4.69, 9.17) is 4.74 Å². The number of urea groups is 1. The van der Waals surface area contributed by atoms with E-state index in [-0.39, 0.29) is 11.8 Å². The molecule has 27 heavy (non-hydrogen) atoms. The molecule has 144 valence electrons. The van der Waals surface area contributed by atoms with E-state index in [9.17, 15) is 9.18 Å². The van der Waals surface area contributed by atoms with Crippen LogP contribution in [-0.4, -0.2) is 37.2 Å². The summed E-state index contributed by atoms with van der Waals surface area (Å²) in [7, 11) is 0. The summed E-state index contributed by atoms with van der Waals surface area (Å²) in [6.07, 6.45) is 2.76. The van der Waals surface area contributed by atoms with E-state index in [1.165, 1.54) is 17.7 Å². The molecule has 0 atom stereocenters. The van der Waals surface area contributed by atoms with E-state index in [1.807, 2.05) is 23.1 Å². The lowest BCUT2D eigenvalue weighted by Gasteiger charge is -2.32. The van der Waals surface area contributed by atoms with Crippen LogP contribution >= 0.6 is 0 Å². The molecule has 2 aromatic carbocycles. The van der Waals surface area contributed by atoms with Crippen molar-refractivity contribution in [3.05, 3.63) is 71.5 Å². The first-order valence-corrected chi connectivity index (χ1v) is 9.59. The summed E-state index contributed by atoms with van der Waals surface area (Å²) in [4.78, 5) is 14.2. The Balaban J connectivity index is 1.30. The van der Waals surface area contributed by atoms with E-state index in [0.29, 0.717) is 25.7 Å². The van der Waals surface area contributed by atoms with E-state index >= 15 is 0 Å². The monoisotopic (exact) mass is 370 g/mol. The quantitative estimate of drug-likeness (QED) is 0.800. The molecule has 2 aromatic rings. The lowest BCUT2D eigenvalue weighted by atomic mass is 9.98. The molecule has 0 bridgehead atoms. The highest BCUT2D eigenvalue weighted by Gasteiger charge is 2.22. The fourth-order valence-corrected chi connectivity index (χ4v) is 3.30. The molecule has 0 aromatic heterocycles. The van der Waals surface area contributed by atoms with Crippen molar-refractivity contribution in [2.24, 2.45) is 5.92 Å². The van der Waals surface area contributed by atoms with Crippen LogP contribution in [0.25, 0.3) is 0 Å². The number of rotatable bonds is 7. The molecule has 1 fully saturated rings. The topological polar surface area (TPSA) is 41.6 Å². The summed E-state index contributed by atoms with van der Waals surface area (Å²) < 4.78 is 18.7. The van der Waals surface area contributed by atoms with Gasteiger partial charge in [0.05, 0.1) is 6.61 Å². The second-order valence-corrected chi connectivity index (χ2v) is 7.04. The van der Waals surface area contributed by atoms with Gasteiger partial charge >= 0.3 is 6.03 Å². The molecular formula is C22H27FN2O2. The molecule has 0 saturated carbocycles. The third-order valence-corrected chi connectivity index (χ3v) is 4.97. The van der Waals surface area contributed by atoms with Gasteiger partial charge in [-0.25, -0.2) is 9.18 Å². The number of likely N-dealkylation sites (tertiary alicyclic amines) is 1. The van der Waals surface area contributed by atoms with Crippen LogP contribution in [-0.2, 0) is 17.8 Å². The molecule has 1 aliphatic rings. The second-order valence-electron chi connectivity index (χ2n) is 7.04. The molecule has 0 radical (unpaired) electrons. The summed E-state index contributed by atoms with van der Waals surface area (Å²) in [5.41, 5.74) is 2.21. The molecule has 0 aliphatic carbocycles. The maximum atomic E-state index is 12.9. The van der Waals surface area contributed by atoms with Crippen molar-refractivity contribution in [2.45, 2.75) is 25.9 Å². The molecule has 0 spiro atoms. The number of benzene rings is 2. The SMILES string of the molecule is O=C(NCCc1ccccc1)N1CCC(COCc2ccc(F)cc2)CC1. The van der Waals surface area contributed by atoms with E-state index < -0.39 is 0 Å². The lowest BCUT2D eigenvalue weighted by molar-refractivity contribution is 0.0629. The number of piperidine rings is 1. The van der Waals surface area contributed by atoms with Crippen molar-refractivity contribution in [3.63, 3.8) is 0 Å².